The number of aryl methyl sites for hydroxylation is 2. The molecule has 0 fully saturated rings. The van der Waals surface area contributed by atoms with Gasteiger partial charge in [0.05, 0.1) is 7.11 Å². The van der Waals surface area contributed by atoms with Crippen molar-refractivity contribution in [1.29, 1.82) is 0 Å². The average Bonchev–Trinajstić information content (AvgIpc) is 2.52. The molecule has 0 aromatic heterocycles. The van der Waals surface area contributed by atoms with E-state index in [9.17, 15) is 4.79 Å². The number of ether oxygens (including phenoxy) is 1. The number of hydrogen-bond donors (Lipinski definition) is 0. The van der Waals surface area contributed by atoms with Crippen molar-refractivity contribution in [2.24, 2.45) is 0 Å². The molecule has 0 saturated carbocycles. The fraction of sp³-hybridized carbons (Fsp3) is 0.278. The van der Waals surface area contributed by atoms with Crippen LogP contribution in [0.3, 0.4) is 0 Å². The molecule has 0 spiro atoms. The van der Waals surface area contributed by atoms with Crippen LogP contribution in [0.1, 0.15) is 34.8 Å². The number of Topliss-reactive ketones (excluding diaryl/α,β-unsaturated/α-hetero) is 1. The zero-order valence-corrected chi connectivity index (χ0v) is 13.1. The molecule has 0 aliphatic heterocycles. The monoisotopic (exact) mass is 302 g/mol. The van der Waals surface area contributed by atoms with E-state index < -0.39 is 0 Å². The van der Waals surface area contributed by atoms with E-state index in [1.54, 1.807) is 7.11 Å². The number of rotatable bonds is 6. The summed E-state index contributed by atoms with van der Waals surface area (Å²) in [7, 11) is 1.66. The number of carbonyl (C=O) groups excluding carboxylic acids is 1. The molecule has 21 heavy (non-hydrogen) atoms. The van der Waals surface area contributed by atoms with Crippen LogP contribution in [-0.4, -0.2) is 12.9 Å². The molecule has 110 valence electrons. The van der Waals surface area contributed by atoms with Crippen molar-refractivity contribution in [1.82, 2.24) is 0 Å². The summed E-state index contributed by atoms with van der Waals surface area (Å²) < 4.78 is 5.35. The van der Waals surface area contributed by atoms with Gasteiger partial charge in [-0.05, 0) is 42.2 Å². The fourth-order valence-electron chi connectivity index (χ4n) is 2.28. The maximum absolute atomic E-state index is 11.6. The average molecular weight is 303 g/mol. The minimum Gasteiger partial charge on any atom is -0.496 e. The Morgan fingerprint density at radius 1 is 1.10 bits per heavy atom. The number of ketones is 1. The summed E-state index contributed by atoms with van der Waals surface area (Å²) >= 11 is 6.03. The van der Waals surface area contributed by atoms with Crippen LogP contribution in [0, 0.1) is 0 Å². The normalized spacial score (nSPS) is 10.4. The molecule has 0 amide bonds. The second-order valence-corrected chi connectivity index (χ2v) is 5.37. The van der Waals surface area contributed by atoms with E-state index in [0.717, 1.165) is 34.7 Å². The second-order valence-electron chi connectivity index (χ2n) is 4.93. The first kappa shape index (κ1) is 15.6. The highest BCUT2D eigenvalue weighted by Crippen LogP contribution is 2.24. The summed E-state index contributed by atoms with van der Waals surface area (Å²) in [6, 6.07) is 13.5. The molecular formula is C18H19ClO2. The summed E-state index contributed by atoms with van der Waals surface area (Å²) in [6.45, 7) is 1.88. The van der Waals surface area contributed by atoms with Gasteiger partial charge in [-0.2, -0.15) is 0 Å². The van der Waals surface area contributed by atoms with Gasteiger partial charge >= 0.3 is 0 Å². The number of methoxy groups -OCH3 is 1. The third kappa shape index (κ3) is 4.08. The minimum absolute atomic E-state index is 0.179. The predicted molar refractivity (Wildman–Crippen MR) is 86.5 cm³/mol. The molecule has 0 aliphatic carbocycles. The van der Waals surface area contributed by atoms with Crippen LogP contribution in [0.5, 0.6) is 5.75 Å². The van der Waals surface area contributed by atoms with E-state index in [1.165, 1.54) is 5.56 Å². The van der Waals surface area contributed by atoms with Crippen LogP contribution in [0.15, 0.2) is 42.5 Å². The fourth-order valence-corrected chi connectivity index (χ4v) is 2.48. The first-order valence-corrected chi connectivity index (χ1v) is 7.46. The third-order valence-electron chi connectivity index (χ3n) is 3.52. The SMILES string of the molecule is CCC(=O)c1ccc(CCc2cc(Cl)ccc2OC)cc1. The molecule has 0 unspecified atom stereocenters. The van der Waals surface area contributed by atoms with E-state index >= 15 is 0 Å². The Morgan fingerprint density at radius 3 is 2.43 bits per heavy atom. The van der Waals surface area contributed by atoms with Crippen molar-refractivity contribution in [3.8, 4) is 5.75 Å². The van der Waals surface area contributed by atoms with E-state index in [0.29, 0.717) is 6.42 Å². The van der Waals surface area contributed by atoms with E-state index in [4.69, 9.17) is 16.3 Å². The molecule has 0 heterocycles. The largest absolute Gasteiger partial charge is 0.496 e. The zero-order valence-electron chi connectivity index (χ0n) is 12.4. The molecule has 2 aromatic rings. The molecule has 2 rings (SSSR count). The van der Waals surface area contributed by atoms with Gasteiger partial charge in [0.2, 0.25) is 0 Å². The summed E-state index contributed by atoms with van der Waals surface area (Å²) in [5.74, 6) is 1.04. The Bertz CT molecular complexity index is 618. The molecule has 0 saturated heterocycles. The summed E-state index contributed by atoms with van der Waals surface area (Å²) in [5.41, 5.74) is 3.07. The van der Waals surface area contributed by atoms with Gasteiger partial charge in [0, 0.05) is 17.0 Å². The summed E-state index contributed by atoms with van der Waals surface area (Å²) in [6.07, 6.45) is 2.28. The molecule has 0 aliphatic rings. The van der Waals surface area contributed by atoms with Gasteiger partial charge in [-0.1, -0.05) is 42.8 Å². The van der Waals surface area contributed by atoms with Gasteiger partial charge < -0.3 is 4.74 Å². The molecule has 0 atom stereocenters. The van der Waals surface area contributed by atoms with Crippen LogP contribution in [-0.2, 0) is 12.8 Å². The van der Waals surface area contributed by atoms with E-state index in [-0.39, 0.29) is 5.78 Å². The molecule has 0 bridgehead atoms. The maximum atomic E-state index is 11.6. The number of halogens is 1. The highest BCUT2D eigenvalue weighted by Gasteiger charge is 2.06. The molecule has 3 heteroatoms. The molecule has 2 aromatic carbocycles. The van der Waals surface area contributed by atoms with Gasteiger partial charge in [-0.15, -0.1) is 0 Å². The maximum Gasteiger partial charge on any atom is 0.162 e. The second kappa shape index (κ2) is 7.28. The van der Waals surface area contributed by atoms with Crippen molar-refractivity contribution in [3.05, 3.63) is 64.2 Å². The molecule has 0 N–H and O–H groups in total. The first-order chi connectivity index (χ1) is 10.1. The Balaban J connectivity index is 2.06. The lowest BCUT2D eigenvalue weighted by molar-refractivity contribution is 0.0988. The Morgan fingerprint density at radius 2 is 1.81 bits per heavy atom. The number of carbonyl (C=O) groups is 1. The Labute approximate surface area is 130 Å². The first-order valence-electron chi connectivity index (χ1n) is 7.08. The highest BCUT2D eigenvalue weighted by atomic mass is 35.5. The lowest BCUT2D eigenvalue weighted by Gasteiger charge is -2.09. The summed E-state index contributed by atoms with van der Waals surface area (Å²) in [4.78, 5) is 11.6. The van der Waals surface area contributed by atoms with Crippen molar-refractivity contribution in [2.75, 3.05) is 7.11 Å². The van der Waals surface area contributed by atoms with Gasteiger partial charge in [0.1, 0.15) is 5.75 Å². The van der Waals surface area contributed by atoms with Crippen LogP contribution in [0.25, 0.3) is 0 Å². The quantitative estimate of drug-likeness (QED) is 0.721. The van der Waals surface area contributed by atoms with Gasteiger partial charge in [0.25, 0.3) is 0 Å². The number of hydrogen-bond acceptors (Lipinski definition) is 2. The van der Waals surface area contributed by atoms with Gasteiger partial charge in [-0.25, -0.2) is 0 Å². The van der Waals surface area contributed by atoms with Crippen LogP contribution in [0.2, 0.25) is 5.02 Å². The van der Waals surface area contributed by atoms with Gasteiger partial charge in [0.15, 0.2) is 5.78 Å². The smallest absolute Gasteiger partial charge is 0.162 e. The predicted octanol–water partition coefficient (Wildman–Crippen LogP) is 4.73. The summed E-state index contributed by atoms with van der Waals surface area (Å²) in [5, 5.41) is 0.717. The Kier molecular flexibility index (Phi) is 5.40. The molecular weight excluding hydrogens is 284 g/mol. The lowest BCUT2D eigenvalue weighted by atomic mass is 10.0. The van der Waals surface area contributed by atoms with E-state index in [2.05, 4.69) is 0 Å². The zero-order chi connectivity index (χ0) is 15.2. The van der Waals surface area contributed by atoms with Crippen LogP contribution in [0.4, 0.5) is 0 Å². The van der Waals surface area contributed by atoms with E-state index in [1.807, 2.05) is 49.4 Å². The topological polar surface area (TPSA) is 26.3 Å². The number of benzene rings is 2. The van der Waals surface area contributed by atoms with Crippen molar-refractivity contribution >= 4 is 17.4 Å². The Hall–Kier alpha value is -1.80. The standard InChI is InChI=1S/C18H19ClO2/c1-3-17(20)14-7-4-13(5-8-14)6-9-15-12-16(19)10-11-18(15)21-2/h4-5,7-8,10-12H,3,6,9H2,1-2H3. The van der Waals surface area contributed by atoms with Crippen molar-refractivity contribution in [2.45, 2.75) is 26.2 Å². The van der Waals surface area contributed by atoms with Gasteiger partial charge in [-0.3, -0.25) is 4.79 Å². The third-order valence-corrected chi connectivity index (χ3v) is 3.76. The lowest BCUT2D eigenvalue weighted by Crippen LogP contribution is -1.98. The molecule has 0 radical (unpaired) electrons. The van der Waals surface area contributed by atoms with Crippen molar-refractivity contribution in [3.63, 3.8) is 0 Å². The van der Waals surface area contributed by atoms with Crippen LogP contribution >= 0.6 is 11.6 Å². The minimum atomic E-state index is 0.179. The van der Waals surface area contributed by atoms with Crippen LogP contribution < -0.4 is 4.74 Å². The van der Waals surface area contributed by atoms with Crippen molar-refractivity contribution < 1.29 is 9.53 Å². The highest BCUT2D eigenvalue weighted by molar-refractivity contribution is 6.30. The molecule has 2 nitrogen and oxygen atoms in total.